The molecule has 1 fully saturated rings. The molecule has 0 radical (unpaired) electrons. The van der Waals surface area contributed by atoms with Crippen molar-refractivity contribution in [3.63, 3.8) is 0 Å². The SMILES string of the molecule is CC(=O)N[C@@H]1CCN(c2cc(=O)n(C)cc2-c2cnn(Cc3ccccc3)c2)C1. The fourth-order valence-corrected chi connectivity index (χ4v) is 3.85. The first-order chi connectivity index (χ1) is 14.0. The molecule has 0 aliphatic carbocycles. The number of amides is 1. The zero-order valence-electron chi connectivity index (χ0n) is 16.7. The zero-order valence-corrected chi connectivity index (χ0v) is 16.7. The van der Waals surface area contributed by atoms with Gasteiger partial charge >= 0.3 is 0 Å². The van der Waals surface area contributed by atoms with Crippen LogP contribution >= 0.6 is 0 Å². The average molecular weight is 391 g/mol. The zero-order chi connectivity index (χ0) is 20.4. The summed E-state index contributed by atoms with van der Waals surface area (Å²) in [6.45, 7) is 3.71. The Morgan fingerprint density at radius 1 is 1.24 bits per heavy atom. The molecule has 29 heavy (non-hydrogen) atoms. The molecule has 4 rings (SSSR count). The first-order valence-electron chi connectivity index (χ1n) is 9.79. The standard InChI is InChI=1S/C22H25N5O2/c1-16(28)24-19-8-9-26(14-19)21-10-22(29)25(2)15-20(21)18-11-23-27(13-18)12-17-6-4-3-5-7-17/h3-7,10-11,13,15,19H,8-9,12,14H2,1-2H3,(H,24,28)/t19-/m1/s1. The number of carbonyl (C=O) groups excluding carboxylic acids is 1. The highest BCUT2D eigenvalue weighted by Crippen LogP contribution is 2.31. The number of anilines is 1. The van der Waals surface area contributed by atoms with Gasteiger partial charge in [-0.3, -0.25) is 14.3 Å². The summed E-state index contributed by atoms with van der Waals surface area (Å²) in [4.78, 5) is 25.9. The summed E-state index contributed by atoms with van der Waals surface area (Å²) in [5.74, 6) is -0.0248. The molecule has 1 amide bonds. The van der Waals surface area contributed by atoms with Crippen LogP contribution in [0.5, 0.6) is 0 Å². The van der Waals surface area contributed by atoms with Gasteiger partial charge in [-0.2, -0.15) is 5.10 Å². The number of rotatable bonds is 5. The second-order valence-electron chi connectivity index (χ2n) is 7.57. The van der Waals surface area contributed by atoms with Crippen LogP contribution in [0.25, 0.3) is 11.1 Å². The topological polar surface area (TPSA) is 72.2 Å². The van der Waals surface area contributed by atoms with E-state index in [1.165, 1.54) is 12.5 Å². The van der Waals surface area contributed by atoms with E-state index in [1.54, 1.807) is 17.7 Å². The van der Waals surface area contributed by atoms with E-state index in [9.17, 15) is 9.59 Å². The molecule has 3 heterocycles. The Kier molecular flexibility index (Phi) is 5.20. The van der Waals surface area contributed by atoms with Crippen molar-refractivity contribution in [3.8, 4) is 11.1 Å². The predicted molar refractivity (Wildman–Crippen MR) is 113 cm³/mol. The van der Waals surface area contributed by atoms with Crippen LogP contribution in [0.4, 0.5) is 5.69 Å². The Balaban J connectivity index is 1.63. The molecular weight excluding hydrogens is 366 g/mol. The molecule has 1 aliphatic heterocycles. The Morgan fingerprint density at radius 3 is 2.79 bits per heavy atom. The molecule has 1 aromatic carbocycles. The second kappa shape index (κ2) is 7.95. The smallest absolute Gasteiger partial charge is 0.252 e. The van der Waals surface area contributed by atoms with E-state index in [0.29, 0.717) is 13.1 Å². The van der Waals surface area contributed by atoms with Crippen molar-refractivity contribution in [3.05, 3.63) is 70.9 Å². The van der Waals surface area contributed by atoms with E-state index in [0.717, 1.165) is 29.8 Å². The summed E-state index contributed by atoms with van der Waals surface area (Å²) in [6, 6.07) is 12.0. The van der Waals surface area contributed by atoms with Gasteiger partial charge in [0.05, 0.1) is 18.4 Å². The van der Waals surface area contributed by atoms with Gasteiger partial charge in [-0.25, -0.2) is 0 Å². The van der Waals surface area contributed by atoms with Crippen molar-refractivity contribution in [2.45, 2.75) is 25.9 Å². The lowest BCUT2D eigenvalue weighted by molar-refractivity contribution is -0.119. The third kappa shape index (κ3) is 4.23. The quantitative estimate of drug-likeness (QED) is 0.722. The maximum absolute atomic E-state index is 12.3. The summed E-state index contributed by atoms with van der Waals surface area (Å²) in [7, 11) is 1.76. The van der Waals surface area contributed by atoms with Crippen molar-refractivity contribution in [2.24, 2.45) is 7.05 Å². The van der Waals surface area contributed by atoms with Gasteiger partial charge in [0.25, 0.3) is 5.56 Å². The molecular formula is C22H25N5O2. The lowest BCUT2D eigenvalue weighted by atomic mass is 10.1. The Hall–Kier alpha value is -3.35. The Morgan fingerprint density at radius 2 is 2.03 bits per heavy atom. The Labute approximate surface area is 169 Å². The highest BCUT2D eigenvalue weighted by Gasteiger charge is 2.26. The average Bonchev–Trinajstić information content (AvgIpc) is 3.34. The number of benzene rings is 1. The number of nitrogens with zero attached hydrogens (tertiary/aromatic N) is 4. The second-order valence-corrected chi connectivity index (χ2v) is 7.57. The number of hydrogen-bond donors (Lipinski definition) is 1. The number of pyridine rings is 1. The molecule has 7 heteroatoms. The number of nitrogens with one attached hydrogen (secondary N) is 1. The van der Waals surface area contributed by atoms with Gasteiger partial charge in [0.1, 0.15) is 0 Å². The highest BCUT2D eigenvalue weighted by molar-refractivity contribution is 5.78. The molecule has 1 aliphatic rings. The number of aryl methyl sites for hydroxylation is 1. The molecule has 0 unspecified atom stereocenters. The third-order valence-electron chi connectivity index (χ3n) is 5.27. The number of carbonyl (C=O) groups is 1. The van der Waals surface area contributed by atoms with Crippen molar-refractivity contribution < 1.29 is 4.79 Å². The first-order valence-corrected chi connectivity index (χ1v) is 9.79. The monoisotopic (exact) mass is 391 g/mol. The molecule has 0 spiro atoms. The van der Waals surface area contributed by atoms with Gasteiger partial charge in [-0.05, 0) is 12.0 Å². The minimum absolute atomic E-state index is 0.0248. The molecule has 0 bridgehead atoms. The van der Waals surface area contributed by atoms with Crippen LogP contribution in [-0.2, 0) is 18.4 Å². The van der Waals surface area contributed by atoms with Crippen LogP contribution in [0, 0.1) is 0 Å². The molecule has 3 aromatic rings. The maximum Gasteiger partial charge on any atom is 0.252 e. The fourth-order valence-electron chi connectivity index (χ4n) is 3.85. The van der Waals surface area contributed by atoms with Crippen molar-refractivity contribution in [2.75, 3.05) is 18.0 Å². The largest absolute Gasteiger partial charge is 0.369 e. The highest BCUT2D eigenvalue weighted by atomic mass is 16.1. The minimum atomic E-state index is -0.0524. The van der Waals surface area contributed by atoms with Crippen LogP contribution in [-0.4, -0.2) is 39.4 Å². The summed E-state index contributed by atoms with van der Waals surface area (Å²) < 4.78 is 3.50. The van der Waals surface area contributed by atoms with Gasteiger partial charge in [0.2, 0.25) is 5.91 Å². The van der Waals surface area contributed by atoms with Gasteiger partial charge < -0.3 is 14.8 Å². The van der Waals surface area contributed by atoms with Gasteiger partial charge in [0.15, 0.2) is 0 Å². The maximum atomic E-state index is 12.3. The molecule has 1 atom stereocenters. The van der Waals surface area contributed by atoms with Crippen LogP contribution < -0.4 is 15.8 Å². The van der Waals surface area contributed by atoms with E-state index in [4.69, 9.17) is 0 Å². The molecule has 150 valence electrons. The van der Waals surface area contributed by atoms with E-state index in [2.05, 4.69) is 27.4 Å². The van der Waals surface area contributed by atoms with E-state index < -0.39 is 0 Å². The van der Waals surface area contributed by atoms with E-state index in [-0.39, 0.29) is 17.5 Å². The van der Waals surface area contributed by atoms with Gasteiger partial charge in [-0.1, -0.05) is 30.3 Å². The Bertz CT molecular complexity index is 1070. The van der Waals surface area contributed by atoms with Crippen LogP contribution in [0.2, 0.25) is 0 Å². The molecule has 1 saturated heterocycles. The summed E-state index contributed by atoms with van der Waals surface area (Å²) >= 11 is 0. The first kappa shape index (κ1) is 19.0. The summed E-state index contributed by atoms with van der Waals surface area (Å²) in [6.07, 6.45) is 6.58. The number of aromatic nitrogens is 3. The predicted octanol–water partition coefficient (Wildman–Crippen LogP) is 2.01. The van der Waals surface area contributed by atoms with Crippen molar-refractivity contribution in [1.29, 1.82) is 0 Å². The fraction of sp³-hybridized carbons (Fsp3) is 0.318. The summed E-state index contributed by atoms with van der Waals surface area (Å²) in [5.41, 5.74) is 3.95. The molecule has 7 nitrogen and oxygen atoms in total. The lowest BCUT2D eigenvalue weighted by Gasteiger charge is -2.22. The van der Waals surface area contributed by atoms with Crippen LogP contribution in [0.15, 0.2) is 59.8 Å². The molecule has 0 saturated carbocycles. The molecule has 2 aromatic heterocycles. The van der Waals surface area contributed by atoms with Crippen molar-refractivity contribution >= 4 is 11.6 Å². The van der Waals surface area contributed by atoms with Crippen LogP contribution in [0.1, 0.15) is 18.9 Å². The van der Waals surface area contributed by atoms with Crippen molar-refractivity contribution in [1.82, 2.24) is 19.7 Å². The minimum Gasteiger partial charge on any atom is -0.369 e. The van der Waals surface area contributed by atoms with Gasteiger partial charge in [-0.15, -0.1) is 0 Å². The summed E-state index contributed by atoms with van der Waals surface area (Å²) in [5, 5.41) is 7.49. The number of hydrogen-bond acceptors (Lipinski definition) is 4. The lowest BCUT2D eigenvalue weighted by Crippen LogP contribution is -2.36. The normalized spacial score (nSPS) is 16.2. The van der Waals surface area contributed by atoms with E-state index >= 15 is 0 Å². The molecule has 1 N–H and O–H groups in total. The van der Waals surface area contributed by atoms with Gasteiger partial charge in [0, 0.05) is 62.7 Å². The van der Waals surface area contributed by atoms with E-state index in [1.807, 2.05) is 41.5 Å². The third-order valence-corrected chi connectivity index (χ3v) is 5.27. The van der Waals surface area contributed by atoms with Crippen LogP contribution in [0.3, 0.4) is 0 Å².